The molecular weight excluding hydrogens is 822 g/mol. The highest BCUT2D eigenvalue weighted by Gasteiger charge is 2.26. The number of ether oxygens (including phenoxy) is 2. The summed E-state index contributed by atoms with van der Waals surface area (Å²) in [5, 5.41) is 0. The summed E-state index contributed by atoms with van der Waals surface area (Å²) in [6, 6.07) is 0. The van der Waals surface area contributed by atoms with Crippen LogP contribution in [0.3, 0.4) is 0 Å². The number of unbranched alkanes of at least 4 members (excludes halogenated alkanes) is 35. The predicted octanol–water partition coefficient (Wildman–Crippen LogP) is 16.7. The Balaban J connectivity index is 3.86. The first-order chi connectivity index (χ1) is 31.3. The van der Waals surface area contributed by atoms with Crippen molar-refractivity contribution in [1.82, 2.24) is 0 Å². The Bertz CT molecular complexity index is 1100. The molecule has 10 heteroatoms. The number of carbonyl (C=O) groups is 2. The van der Waals surface area contributed by atoms with Gasteiger partial charge in [0.05, 0.1) is 13.2 Å². The molecule has 2 unspecified atom stereocenters. The standard InChI is InChI=1S/C54H104NO8P/c1-3-5-7-9-11-13-15-17-19-20-21-22-23-24-25-26-27-28-29-30-31-32-33-35-36-38-40-42-44-46-53(56)60-50-52(51-62-64(58,59)61-49-48-55)63-54(57)47-45-43-41-39-37-34-18-16-14-12-10-8-6-4-2/h10,12,16,18,52H,3-9,11,13-15,17,19-51,55H2,1-2H3,(H,58,59)/b12-10-,18-16-. The summed E-state index contributed by atoms with van der Waals surface area (Å²) in [5.74, 6) is -0.831. The predicted molar refractivity (Wildman–Crippen MR) is 271 cm³/mol. The summed E-state index contributed by atoms with van der Waals surface area (Å²) in [5.41, 5.74) is 5.36. The van der Waals surface area contributed by atoms with Gasteiger partial charge in [0, 0.05) is 19.4 Å². The van der Waals surface area contributed by atoms with Gasteiger partial charge in [0.25, 0.3) is 0 Å². The molecule has 0 heterocycles. The lowest BCUT2D eigenvalue weighted by Crippen LogP contribution is -2.29. The number of phosphoric acid groups is 1. The maximum absolute atomic E-state index is 12.6. The van der Waals surface area contributed by atoms with Crippen molar-refractivity contribution in [2.24, 2.45) is 5.73 Å². The van der Waals surface area contributed by atoms with E-state index >= 15 is 0 Å². The second-order valence-electron chi connectivity index (χ2n) is 18.5. The first kappa shape index (κ1) is 62.5. The Labute approximate surface area is 395 Å². The van der Waals surface area contributed by atoms with E-state index in [1.54, 1.807) is 0 Å². The second-order valence-corrected chi connectivity index (χ2v) is 19.9. The SMILES string of the molecule is CCCC/C=C\C/C=C\CCCCCCCC(=O)OC(COC(=O)CCCCCCCCCCCCCCCCCCCCCCCCCCCCCCC)COP(=O)(O)OCCN. The summed E-state index contributed by atoms with van der Waals surface area (Å²) in [6.07, 6.45) is 58.2. The van der Waals surface area contributed by atoms with Crippen molar-refractivity contribution < 1.29 is 37.6 Å². The maximum atomic E-state index is 12.6. The molecule has 0 saturated carbocycles. The van der Waals surface area contributed by atoms with Gasteiger partial charge < -0.3 is 20.1 Å². The van der Waals surface area contributed by atoms with Gasteiger partial charge in [-0.2, -0.15) is 0 Å². The summed E-state index contributed by atoms with van der Waals surface area (Å²) in [6.45, 7) is 3.72. The molecule has 0 radical (unpaired) electrons. The van der Waals surface area contributed by atoms with Crippen LogP contribution in [0.1, 0.15) is 277 Å². The van der Waals surface area contributed by atoms with E-state index in [-0.39, 0.29) is 38.6 Å². The molecule has 2 atom stereocenters. The Morgan fingerprint density at radius 3 is 1.23 bits per heavy atom. The van der Waals surface area contributed by atoms with Gasteiger partial charge in [-0.15, -0.1) is 0 Å². The van der Waals surface area contributed by atoms with Crippen LogP contribution in [0.2, 0.25) is 0 Å². The number of hydrogen-bond donors (Lipinski definition) is 2. The van der Waals surface area contributed by atoms with E-state index in [0.29, 0.717) is 6.42 Å². The van der Waals surface area contributed by atoms with Crippen molar-refractivity contribution >= 4 is 19.8 Å². The first-order valence-corrected chi connectivity index (χ1v) is 28.8. The highest BCUT2D eigenvalue weighted by molar-refractivity contribution is 7.47. The minimum atomic E-state index is -4.38. The Morgan fingerprint density at radius 2 is 0.828 bits per heavy atom. The molecular formula is C54H104NO8P. The van der Waals surface area contributed by atoms with E-state index < -0.39 is 26.5 Å². The lowest BCUT2D eigenvalue weighted by molar-refractivity contribution is -0.161. The van der Waals surface area contributed by atoms with Crippen molar-refractivity contribution in [1.29, 1.82) is 0 Å². The van der Waals surface area contributed by atoms with Gasteiger partial charge in [-0.1, -0.05) is 250 Å². The number of rotatable bonds is 52. The molecule has 0 fully saturated rings. The first-order valence-electron chi connectivity index (χ1n) is 27.3. The van der Waals surface area contributed by atoms with Crippen LogP contribution in [-0.2, 0) is 32.7 Å². The van der Waals surface area contributed by atoms with Gasteiger partial charge in [0.15, 0.2) is 6.10 Å². The van der Waals surface area contributed by atoms with Gasteiger partial charge in [-0.3, -0.25) is 18.6 Å². The van der Waals surface area contributed by atoms with Crippen LogP contribution in [0.25, 0.3) is 0 Å². The zero-order valence-corrected chi connectivity index (χ0v) is 42.9. The quantitative estimate of drug-likeness (QED) is 0.0265. The van der Waals surface area contributed by atoms with Crippen LogP contribution in [0.15, 0.2) is 24.3 Å². The number of esters is 2. The summed E-state index contributed by atoms with van der Waals surface area (Å²) >= 11 is 0. The number of nitrogens with two attached hydrogens (primary N) is 1. The molecule has 0 saturated heterocycles. The molecule has 3 N–H and O–H groups in total. The Kier molecular flexibility index (Phi) is 49.7. The van der Waals surface area contributed by atoms with Gasteiger partial charge in [0.1, 0.15) is 6.61 Å². The van der Waals surface area contributed by atoms with Crippen LogP contribution in [0.4, 0.5) is 0 Å². The molecule has 378 valence electrons. The van der Waals surface area contributed by atoms with Crippen molar-refractivity contribution in [2.75, 3.05) is 26.4 Å². The van der Waals surface area contributed by atoms with Gasteiger partial charge in [-0.25, -0.2) is 4.57 Å². The van der Waals surface area contributed by atoms with Crippen LogP contribution in [0, 0.1) is 0 Å². The van der Waals surface area contributed by atoms with Gasteiger partial charge >= 0.3 is 19.8 Å². The van der Waals surface area contributed by atoms with Crippen LogP contribution >= 0.6 is 7.82 Å². The zero-order chi connectivity index (χ0) is 46.7. The molecule has 0 aliphatic heterocycles. The third-order valence-electron chi connectivity index (χ3n) is 12.1. The molecule has 0 aromatic carbocycles. The fourth-order valence-corrected chi connectivity index (χ4v) is 8.77. The van der Waals surface area contributed by atoms with E-state index in [1.165, 1.54) is 180 Å². The van der Waals surface area contributed by atoms with E-state index in [4.69, 9.17) is 24.3 Å². The van der Waals surface area contributed by atoms with E-state index in [2.05, 4.69) is 38.2 Å². The molecule has 64 heavy (non-hydrogen) atoms. The lowest BCUT2D eigenvalue weighted by Gasteiger charge is -2.19. The van der Waals surface area contributed by atoms with Crippen LogP contribution < -0.4 is 5.73 Å². The van der Waals surface area contributed by atoms with E-state index in [9.17, 15) is 19.0 Å². The fraction of sp³-hybridized carbons (Fsp3) is 0.889. The average molecular weight is 926 g/mol. The van der Waals surface area contributed by atoms with E-state index in [0.717, 1.165) is 64.2 Å². The van der Waals surface area contributed by atoms with Gasteiger partial charge in [-0.05, 0) is 38.5 Å². The minimum Gasteiger partial charge on any atom is -0.462 e. The van der Waals surface area contributed by atoms with Crippen molar-refractivity contribution in [3.8, 4) is 0 Å². The smallest absolute Gasteiger partial charge is 0.462 e. The molecule has 0 amide bonds. The summed E-state index contributed by atoms with van der Waals surface area (Å²) in [7, 11) is -4.38. The average Bonchev–Trinajstić information content (AvgIpc) is 3.28. The second kappa shape index (κ2) is 50.9. The molecule has 0 aromatic rings. The minimum absolute atomic E-state index is 0.0527. The van der Waals surface area contributed by atoms with Gasteiger partial charge in [0.2, 0.25) is 0 Å². The lowest BCUT2D eigenvalue weighted by atomic mass is 10.0. The number of phosphoric ester groups is 1. The van der Waals surface area contributed by atoms with Crippen molar-refractivity contribution in [3.05, 3.63) is 24.3 Å². The molecule has 0 aliphatic rings. The Hall–Kier alpha value is -1.51. The fourth-order valence-electron chi connectivity index (χ4n) is 8.01. The molecule has 0 bridgehead atoms. The number of hydrogen-bond acceptors (Lipinski definition) is 8. The largest absolute Gasteiger partial charge is 0.472 e. The van der Waals surface area contributed by atoms with E-state index in [1.807, 2.05) is 0 Å². The monoisotopic (exact) mass is 926 g/mol. The van der Waals surface area contributed by atoms with Crippen LogP contribution in [-0.4, -0.2) is 49.3 Å². The summed E-state index contributed by atoms with van der Waals surface area (Å²) < 4.78 is 32.9. The van der Waals surface area contributed by atoms with Crippen molar-refractivity contribution in [3.63, 3.8) is 0 Å². The molecule has 0 aromatic heterocycles. The van der Waals surface area contributed by atoms with Crippen molar-refractivity contribution in [2.45, 2.75) is 283 Å². The maximum Gasteiger partial charge on any atom is 0.472 e. The molecule has 0 aliphatic carbocycles. The topological polar surface area (TPSA) is 134 Å². The van der Waals surface area contributed by atoms with Crippen LogP contribution in [0.5, 0.6) is 0 Å². The third-order valence-corrected chi connectivity index (χ3v) is 13.1. The normalized spacial score (nSPS) is 13.2. The number of allylic oxidation sites excluding steroid dienone is 4. The zero-order valence-electron chi connectivity index (χ0n) is 42.0. The number of carbonyl (C=O) groups excluding carboxylic acids is 2. The Morgan fingerprint density at radius 1 is 0.469 bits per heavy atom. The molecule has 0 spiro atoms. The highest BCUT2D eigenvalue weighted by atomic mass is 31.2. The summed E-state index contributed by atoms with van der Waals surface area (Å²) in [4.78, 5) is 35.0. The third kappa shape index (κ3) is 49.9. The molecule has 0 rings (SSSR count). The molecule has 9 nitrogen and oxygen atoms in total. The highest BCUT2D eigenvalue weighted by Crippen LogP contribution is 2.43.